The van der Waals surface area contributed by atoms with Gasteiger partial charge >= 0.3 is 0 Å². The Morgan fingerprint density at radius 1 is 1.00 bits per heavy atom. The largest absolute Gasteiger partial charge is 0.377 e. The number of hydrogen-bond donors (Lipinski definition) is 0. The molecule has 0 saturated carbocycles. The molecule has 0 aromatic heterocycles. The van der Waals surface area contributed by atoms with Crippen LogP contribution in [-0.2, 0) is 9.47 Å². The molecule has 2 aliphatic rings. The third kappa shape index (κ3) is 4.50. The molecule has 0 unspecified atom stereocenters. The number of benzene rings is 1. The molecule has 3 rings (SSSR count). The molecule has 2 aliphatic heterocycles. The molecule has 2 heterocycles. The van der Waals surface area contributed by atoms with Crippen molar-refractivity contribution in [3.05, 3.63) is 29.8 Å². The molecule has 3 nitrogen and oxygen atoms in total. The number of nitrogens with zero attached hydrogens (tertiary/aromatic N) is 1. The molecule has 0 N–H and O–H groups in total. The standard InChI is InChI=1S/C9H9NS.C4H8O2/c1-2-4-9-8(3-1)7-10-5-6-11-9;1-2-6-4-3-5-1/h1-4,7H,5-6H2;1-4H2. The SMILES string of the molecule is C1=NCCSc2ccccc21.C1COCCO1. The second-order valence-electron chi connectivity index (χ2n) is 3.65. The van der Waals surface area contributed by atoms with Crippen LogP contribution >= 0.6 is 11.8 Å². The van der Waals surface area contributed by atoms with Gasteiger partial charge in [0, 0.05) is 29.0 Å². The van der Waals surface area contributed by atoms with Gasteiger partial charge in [-0.25, -0.2) is 0 Å². The highest BCUT2D eigenvalue weighted by Crippen LogP contribution is 2.22. The molecule has 1 aromatic rings. The van der Waals surface area contributed by atoms with E-state index in [-0.39, 0.29) is 0 Å². The van der Waals surface area contributed by atoms with Gasteiger partial charge in [0.2, 0.25) is 0 Å². The number of ether oxygens (including phenoxy) is 2. The predicted octanol–water partition coefficient (Wildman–Crippen LogP) is 2.24. The number of fused-ring (bicyclic) bond motifs is 1. The van der Waals surface area contributed by atoms with Crippen LogP contribution in [0.4, 0.5) is 0 Å². The van der Waals surface area contributed by atoms with Gasteiger partial charge in [0.1, 0.15) is 0 Å². The lowest BCUT2D eigenvalue weighted by Gasteiger charge is -2.09. The fraction of sp³-hybridized carbons (Fsp3) is 0.462. The van der Waals surface area contributed by atoms with Gasteiger partial charge in [0.15, 0.2) is 0 Å². The third-order valence-electron chi connectivity index (χ3n) is 2.37. The van der Waals surface area contributed by atoms with Gasteiger partial charge < -0.3 is 9.47 Å². The van der Waals surface area contributed by atoms with Crippen LogP contribution < -0.4 is 0 Å². The number of hydrogen-bond acceptors (Lipinski definition) is 4. The summed E-state index contributed by atoms with van der Waals surface area (Å²) in [6, 6.07) is 8.39. The molecule has 0 radical (unpaired) electrons. The fourth-order valence-corrected chi connectivity index (χ4v) is 2.41. The Labute approximate surface area is 106 Å². The summed E-state index contributed by atoms with van der Waals surface area (Å²) in [5.74, 6) is 1.10. The lowest BCUT2D eigenvalue weighted by molar-refractivity contribution is -0.0334. The monoisotopic (exact) mass is 251 g/mol. The van der Waals surface area contributed by atoms with Crippen molar-refractivity contribution in [2.45, 2.75) is 4.90 Å². The van der Waals surface area contributed by atoms with E-state index < -0.39 is 0 Å². The van der Waals surface area contributed by atoms with Crippen molar-refractivity contribution in [1.29, 1.82) is 0 Å². The van der Waals surface area contributed by atoms with Crippen LogP contribution in [0.2, 0.25) is 0 Å². The maximum atomic E-state index is 4.94. The maximum Gasteiger partial charge on any atom is 0.0701 e. The molecule has 0 amide bonds. The number of aliphatic imine (C=N–C) groups is 1. The third-order valence-corrected chi connectivity index (χ3v) is 3.44. The van der Waals surface area contributed by atoms with Crippen molar-refractivity contribution in [1.82, 2.24) is 0 Å². The van der Waals surface area contributed by atoms with Crippen LogP contribution in [0.5, 0.6) is 0 Å². The van der Waals surface area contributed by atoms with Gasteiger partial charge in [-0.3, -0.25) is 4.99 Å². The lowest BCUT2D eigenvalue weighted by Crippen LogP contribution is -2.16. The van der Waals surface area contributed by atoms with Crippen LogP contribution in [-0.4, -0.2) is 44.9 Å². The van der Waals surface area contributed by atoms with Crippen molar-refractivity contribution in [2.24, 2.45) is 4.99 Å². The molecule has 0 spiro atoms. The Morgan fingerprint density at radius 3 is 2.41 bits per heavy atom. The molecular weight excluding hydrogens is 234 g/mol. The Bertz CT molecular complexity index is 353. The zero-order chi connectivity index (χ0) is 11.8. The van der Waals surface area contributed by atoms with E-state index in [2.05, 4.69) is 29.3 Å². The zero-order valence-corrected chi connectivity index (χ0v) is 10.6. The summed E-state index contributed by atoms with van der Waals surface area (Å²) < 4.78 is 9.89. The van der Waals surface area contributed by atoms with Crippen LogP contribution in [0.25, 0.3) is 0 Å². The van der Waals surface area contributed by atoms with E-state index in [4.69, 9.17) is 9.47 Å². The molecular formula is C13H17NO2S. The quantitative estimate of drug-likeness (QED) is 0.708. The Kier molecular flexibility index (Phi) is 5.55. The van der Waals surface area contributed by atoms with Gasteiger partial charge in [-0.15, -0.1) is 11.8 Å². The summed E-state index contributed by atoms with van der Waals surface area (Å²) in [4.78, 5) is 5.62. The molecule has 1 fully saturated rings. The summed E-state index contributed by atoms with van der Waals surface area (Å²) in [6.45, 7) is 4.05. The normalized spacial score (nSPS) is 18.6. The van der Waals surface area contributed by atoms with E-state index in [0.29, 0.717) is 0 Å². The lowest BCUT2D eigenvalue weighted by atomic mass is 10.2. The van der Waals surface area contributed by atoms with Crippen LogP contribution in [0.15, 0.2) is 34.2 Å². The maximum absolute atomic E-state index is 4.94. The minimum absolute atomic E-state index is 0.778. The molecule has 4 heteroatoms. The molecule has 0 bridgehead atoms. The topological polar surface area (TPSA) is 30.8 Å². The van der Waals surface area contributed by atoms with Crippen molar-refractivity contribution >= 4 is 18.0 Å². The second-order valence-corrected chi connectivity index (χ2v) is 4.78. The van der Waals surface area contributed by atoms with Gasteiger partial charge in [-0.05, 0) is 6.07 Å². The van der Waals surface area contributed by atoms with Crippen LogP contribution in [0.3, 0.4) is 0 Å². The Morgan fingerprint density at radius 2 is 1.71 bits per heavy atom. The van der Waals surface area contributed by atoms with E-state index in [1.54, 1.807) is 0 Å². The smallest absolute Gasteiger partial charge is 0.0701 e. The summed E-state index contributed by atoms with van der Waals surface area (Å²) >= 11 is 1.88. The Balaban J connectivity index is 0.000000153. The minimum atomic E-state index is 0.778. The van der Waals surface area contributed by atoms with E-state index >= 15 is 0 Å². The first kappa shape index (κ1) is 12.6. The van der Waals surface area contributed by atoms with Gasteiger partial charge in [-0.2, -0.15) is 0 Å². The molecule has 1 aromatic carbocycles. The van der Waals surface area contributed by atoms with Crippen molar-refractivity contribution in [2.75, 3.05) is 38.7 Å². The predicted molar refractivity (Wildman–Crippen MR) is 71.3 cm³/mol. The molecule has 0 aliphatic carbocycles. The van der Waals surface area contributed by atoms with Crippen molar-refractivity contribution < 1.29 is 9.47 Å². The molecule has 1 saturated heterocycles. The van der Waals surface area contributed by atoms with E-state index in [9.17, 15) is 0 Å². The first-order valence-electron chi connectivity index (χ1n) is 5.84. The summed E-state index contributed by atoms with van der Waals surface area (Å²) in [7, 11) is 0. The van der Waals surface area contributed by atoms with Crippen LogP contribution in [0, 0.1) is 0 Å². The zero-order valence-electron chi connectivity index (χ0n) is 9.80. The number of thioether (sulfide) groups is 1. The highest BCUT2D eigenvalue weighted by atomic mass is 32.2. The summed E-state index contributed by atoms with van der Waals surface area (Å²) in [6.07, 6.45) is 1.97. The van der Waals surface area contributed by atoms with E-state index in [1.165, 1.54) is 10.5 Å². The van der Waals surface area contributed by atoms with Crippen molar-refractivity contribution in [3.63, 3.8) is 0 Å². The highest BCUT2D eigenvalue weighted by molar-refractivity contribution is 7.99. The van der Waals surface area contributed by atoms with E-state index in [0.717, 1.165) is 38.7 Å². The minimum Gasteiger partial charge on any atom is -0.377 e. The van der Waals surface area contributed by atoms with Gasteiger partial charge in [0.25, 0.3) is 0 Å². The average molecular weight is 251 g/mol. The van der Waals surface area contributed by atoms with Crippen LogP contribution in [0.1, 0.15) is 5.56 Å². The first-order chi connectivity index (χ1) is 8.47. The summed E-state index contributed by atoms with van der Waals surface area (Å²) in [5.41, 5.74) is 1.26. The molecule has 92 valence electrons. The molecule has 17 heavy (non-hydrogen) atoms. The second kappa shape index (κ2) is 7.48. The first-order valence-corrected chi connectivity index (χ1v) is 6.82. The average Bonchev–Trinajstić information content (AvgIpc) is 2.66. The van der Waals surface area contributed by atoms with Gasteiger partial charge in [0.05, 0.1) is 26.4 Å². The number of rotatable bonds is 0. The highest BCUT2D eigenvalue weighted by Gasteiger charge is 2.01. The summed E-state index contributed by atoms with van der Waals surface area (Å²) in [5, 5.41) is 0. The van der Waals surface area contributed by atoms with Gasteiger partial charge in [-0.1, -0.05) is 18.2 Å². The fourth-order valence-electron chi connectivity index (χ4n) is 1.53. The Hall–Kier alpha value is -0.840. The van der Waals surface area contributed by atoms with E-state index in [1.807, 2.05) is 18.0 Å². The molecule has 0 atom stereocenters. The van der Waals surface area contributed by atoms with Crippen molar-refractivity contribution in [3.8, 4) is 0 Å².